The van der Waals surface area contributed by atoms with Gasteiger partial charge in [-0.2, -0.15) is 0 Å². The Morgan fingerprint density at radius 2 is 1.83 bits per heavy atom. The summed E-state index contributed by atoms with van der Waals surface area (Å²) in [6, 6.07) is 13.7. The predicted octanol–water partition coefficient (Wildman–Crippen LogP) is 3.40. The van der Waals surface area contributed by atoms with Crippen LogP contribution in [0.3, 0.4) is 0 Å². The van der Waals surface area contributed by atoms with Gasteiger partial charge in [0.05, 0.1) is 18.4 Å². The van der Waals surface area contributed by atoms with Gasteiger partial charge in [-0.3, -0.25) is 4.79 Å². The number of benzene rings is 2. The van der Waals surface area contributed by atoms with Gasteiger partial charge in [0.15, 0.2) is 6.29 Å². The molecule has 0 fully saturated rings. The molecule has 0 saturated heterocycles. The molecular weight excluding hydrogens is 306 g/mol. The highest BCUT2D eigenvalue weighted by molar-refractivity contribution is 6.24. The zero-order valence-corrected chi connectivity index (χ0v) is 12.9. The molecule has 0 radical (unpaired) electrons. The molecule has 0 unspecified atom stereocenters. The first-order valence-electron chi connectivity index (χ1n) is 7.29. The number of methoxy groups -OCH3 is 1. The lowest BCUT2D eigenvalue weighted by Gasteiger charge is -2.05. The second-order valence-corrected chi connectivity index (χ2v) is 5.22. The van der Waals surface area contributed by atoms with Gasteiger partial charge in [0.2, 0.25) is 0 Å². The van der Waals surface area contributed by atoms with Gasteiger partial charge in [0.25, 0.3) is 0 Å². The number of aromatic hydroxyl groups is 1. The van der Waals surface area contributed by atoms with Gasteiger partial charge in [-0.15, -0.1) is 0 Å². The van der Waals surface area contributed by atoms with Crippen molar-refractivity contribution in [1.29, 1.82) is 0 Å². The largest absolute Gasteiger partial charge is 0.508 e. The quantitative estimate of drug-likeness (QED) is 0.438. The Hall–Kier alpha value is -3.34. The molecule has 0 saturated carbocycles. The van der Waals surface area contributed by atoms with Crippen LogP contribution in [-0.4, -0.2) is 29.5 Å². The van der Waals surface area contributed by atoms with Crippen molar-refractivity contribution in [1.82, 2.24) is 4.98 Å². The highest BCUT2D eigenvalue weighted by atomic mass is 16.5. The number of ether oxygens (including phenoxy) is 1. The minimum Gasteiger partial charge on any atom is -0.508 e. The van der Waals surface area contributed by atoms with Crippen molar-refractivity contribution < 1.29 is 19.4 Å². The van der Waals surface area contributed by atoms with Gasteiger partial charge in [-0.25, -0.2) is 4.79 Å². The molecule has 2 aromatic carbocycles. The molecule has 1 heterocycles. The van der Waals surface area contributed by atoms with Gasteiger partial charge >= 0.3 is 5.97 Å². The van der Waals surface area contributed by atoms with Gasteiger partial charge < -0.3 is 14.8 Å². The lowest BCUT2D eigenvalue weighted by molar-refractivity contribution is -0.133. The monoisotopic (exact) mass is 321 g/mol. The fraction of sp³-hybridized carbons (Fsp3) is 0.0526. The van der Waals surface area contributed by atoms with E-state index in [-0.39, 0.29) is 11.3 Å². The Kier molecular flexibility index (Phi) is 4.16. The summed E-state index contributed by atoms with van der Waals surface area (Å²) in [6.07, 6.45) is 2.34. The molecule has 3 aromatic rings. The summed E-state index contributed by atoms with van der Waals surface area (Å²) in [5, 5.41) is 10.1. The fourth-order valence-corrected chi connectivity index (χ4v) is 2.58. The molecule has 5 heteroatoms. The molecule has 0 aliphatic heterocycles. The summed E-state index contributed by atoms with van der Waals surface area (Å²) in [5.74, 6) is -0.427. The minimum atomic E-state index is -0.558. The molecule has 5 nitrogen and oxygen atoms in total. The van der Waals surface area contributed by atoms with Crippen LogP contribution in [0.1, 0.15) is 21.6 Å². The number of aldehydes is 1. The van der Waals surface area contributed by atoms with Gasteiger partial charge in [0.1, 0.15) is 5.75 Å². The first-order chi connectivity index (χ1) is 11.6. The highest BCUT2D eigenvalue weighted by Crippen LogP contribution is 2.28. The van der Waals surface area contributed by atoms with Crippen LogP contribution in [0.25, 0.3) is 22.6 Å². The third-order valence-electron chi connectivity index (χ3n) is 3.74. The number of hydrogen-bond donors (Lipinski definition) is 2. The van der Waals surface area contributed by atoms with E-state index in [1.165, 1.54) is 19.2 Å². The molecule has 0 aliphatic rings. The lowest BCUT2D eigenvalue weighted by Crippen LogP contribution is -2.06. The predicted molar refractivity (Wildman–Crippen MR) is 91.7 cm³/mol. The Balaban J connectivity index is 2.22. The summed E-state index contributed by atoms with van der Waals surface area (Å²) in [5.41, 5.74) is 2.51. The van der Waals surface area contributed by atoms with Crippen LogP contribution < -0.4 is 0 Å². The average Bonchev–Trinajstić information content (AvgIpc) is 2.98. The van der Waals surface area contributed by atoms with Crippen LogP contribution in [-0.2, 0) is 9.53 Å². The Labute approximate surface area is 138 Å². The maximum atomic E-state index is 12.3. The van der Waals surface area contributed by atoms with E-state index in [1.807, 2.05) is 24.3 Å². The van der Waals surface area contributed by atoms with E-state index in [0.717, 1.165) is 17.2 Å². The van der Waals surface area contributed by atoms with Crippen molar-refractivity contribution in [2.24, 2.45) is 0 Å². The SMILES string of the molecule is COC(=O)/C(=C\c1ccc(O)cc1)c1[nH]c2ccccc2c1C=O. The number of nitrogens with one attached hydrogen (secondary N) is 1. The Morgan fingerprint density at radius 1 is 1.12 bits per heavy atom. The van der Waals surface area contributed by atoms with Crippen LogP contribution in [0.2, 0.25) is 0 Å². The number of para-hydroxylation sites is 1. The zero-order valence-electron chi connectivity index (χ0n) is 12.9. The topological polar surface area (TPSA) is 79.4 Å². The molecule has 0 spiro atoms. The summed E-state index contributed by atoms with van der Waals surface area (Å²) in [6.45, 7) is 0. The van der Waals surface area contributed by atoms with E-state index in [1.54, 1.807) is 18.2 Å². The third-order valence-corrected chi connectivity index (χ3v) is 3.74. The van der Waals surface area contributed by atoms with Gasteiger partial charge in [-0.05, 0) is 29.8 Å². The van der Waals surface area contributed by atoms with Crippen molar-refractivity contribution in [2.45, 2.75) is 0 Å². The molecule has 3 rings (SSSR count). The first kappa shape index (κ1) is 15.6. The number of phenolic OH excluding ortho intramolecular Hbond substituents is 1. The molecule has 0 aliphatic carbocycles. The summed E-state index contributed by atoms with van der Waals surface area (Å²) >= 11 is 0. The van der Waals surface area contributed by atoms with Crippen LogP contribution in [0, 0.1) is 0 Å². The smallest absolute Gasteiger partial charge is 0.340 e. The van der Waals surface area contributed by atoms with E-state index in [2.05, 4.69) is 4.98 Å². The number of hydrogen-bond acceptors (Lipinski definition) is 4. The minimum absolute atomic E-state index is 0.131. The van der Waals surface area contributed by atoms with Crippen molar-refractivity contribution in [3.8, 4) is 5.75 Å². The second-order valence-electron chi connectivity index (χ2n) is 5.22. The van der Waals surface area contributed by atoms with E-state index in [9.17, 15) is 14.7 Å². The highest BCUT2D eigenvalue weighted by Gasteiger charge is 2.20. The summed E-state index contributed by atoms with van der Waals surface area (Å²) in [4.78, 5) is 26.9. The van der Waals surface area contributed by atoms with Crippen LogP contribution in [0.4, 0.5) is 0 Å². The van der Waals surface area contributed by atoms with Crippen molar-refractivity contribution >= 4 is 34.8 Å². The van der Waals surface area contributed by atoms with Crippen molar-refractivity contribution in [3.63, 3.8) is 0 Å². The maximum Gasteiger partial charge on any atom is 0.340 e. The standard InChI is InChI=1S/C19H15NO4/c1-24-19(23)15(10-12-6-8-13(22)9-7-12)18-16(11-21)14-4-2-3-5-17(14)20-18/h2-11,20,22H,1H3/b15-10-. The molecule has 0 amide bonds. The normalized spacial score (nSPS) is 11.5. The molecule has 120 valence electrons. The van der Waals surface area contributed by atoms with Crippen molar-refractivity contribution in [3.05, 3.63) is 65.4 Å². The zero-order chi connectivity index (χ0) is 17.1. The Bertz CT molecular complexity index is 936. The number of fused-ring (bicyclic) bond motifs is 1. The van der Waals surface area contributed by atoms with Crippen molar-refractivity contribution in [2.75, 3.05) is 7.11 Å². The van der Waals surface area contributed by atoms with E-state index in [0.29, 0.717) is 16.8 Å². The molecule has 0 bridgehead atoms. The van der Waals surface area contributed by atoms with E-state index in [4.69, 9.17) is 4.74 Å². The molecule has 0 atom stereocenters. The maximum absolute atomic E-state index is 12.3. The van der Waals surface area contributed by atoms with Crippen LogP contribution in [0.5, 0.6) is 5.75 Å². The molecular formula is C19H15NO4. The van der Waals surface area contributed by atoms with Crippen LogP contribution >= 0.6 is 0 Å². The number of phenols is 1. The lowest BCUT2D eigenvalue weighted by atomic mass is 10.0. The number of aromatic amines is 1. The average molecular weight is 321 g/mol. The van der Waals surface area contributed by atoms with Crippen LogP contribution in [0.15, 0.2) is 48.5 Å². The molecule has 2 N–H and O–H groups in total. The van der Waals surface area contributed by atoms with Gasteiger partial charge in [0, 0.05) is 16.5 Å². The van der Waals surface area contributed by atoms with E-state index < -0.39 is 5.97 Å². The number of esters is 1. The van der Waals surface area contributed by atoms with Gasteiger partial charge in [-0.1, -0.05) is 30.3 Å². The third kappa shape index (κ3) is 2.79. The number of aromatic nitrogens is 1. The first-order valence-corrected chi connectivity index (χ1v) is 7.29. The second kappa shape index (κ2) is 6.42. The number of rotatable bonds is 4. The van der Waals surface area contributed by atoms with E-state index >= 15 is 0 Å². The Morgan fingerprint density at radius 3 is 2.50 bits per heavy atom. The summed E-state index contributed by atoms with van der Waals surface area (Å²) < 4.78 is 4.87. The molecule has 24 heavy (non-hydrogen) atoms. The number of carbonyl (C=O) groups is 2. The summed E-state index contributed by atoms with van der Waals surface area (Å²) in [7, 11) is 1.29. The molecule has 1 aromatic heterocycles. The number of carbonyl (C=O) groups excluding carboxylic acids is 2. The number of H-pyrrole nitrogens is 1. The fourth-order valence-electron chi connectivity index (χ4n) is 2.58.